The fourth-order valence-electron chi connectivity index (χ4n) is 17.8. The van der Waals surface area contributed by atoms with Gasteiger partial charge in [0.2, 0.25) is 0 Å². The highest BCUT2D eigenvalue weighted by atomic mass is 14.9. The number of nitriles is 1. The summed E-state index contributed by atoms with van der Waals surface area (Å²) in [6.07, 6.45) is 4.04. The number of fused-ring (bicyclic) bond motifs is 4. The Morgan fingerprint density at radius 1 is 0.380 bits per heavy atom. The van der Waals surface area contributed by atoms with E-state index in [0.29, 0.717) is 0 Å². The third kappa shape index (κ3) is 3.84. The molecule has 0 unspecified atom stereocenters. The summed E-state index contributed by atoms with van der Waals surface area (Å²) >= 11 is 0. The lowest BCUT2D eigenvalue weighted by atomic mass is 9.58. The van der Waals surface area contributed by atoms with Gasteiger partial charge in [0.25, 0.3) is 0 Å². The number of hydrogen-bond acceptors (Lipinski definition) is 1. The quantitative estimate of drug-likeness (QED) is 0.140. The summed E-state index contributed by atoms with van der Waals surface area (Å²) in [5, 5.41) is 17.6. The smallest absolute Gasteiger partial charge is 0.197 e. The van der Waals surface area contributed by atoms with Crippen LogP contribution in [0.1, 0.15) is 190 Å². The van der Waals surface area contributed by atoms with E-state index in [1.807, 2.05) is 0 Å². The Labute approximate surface area is 410 Å². The van der Waals surface area contributed by atoms with Crippen LogP contribution in [0.15, 0.2) is 152 Å². The monoisotopic (exact) mass is 899 g/mol. The van der Waals surface area contributed by atoms with Crippen LogP contribution in [0.2, 0.25) is 0 Å². The maximum Gasteiger partial charge on any atom is 0.197 e. The largest absolute Gasteiger partial charge is 0.309 e. The lowest BCUT2D eigenvalue weighted by Gasteiger charge is -2.45. The van der Waals surface area contributed by atoms with Crippen LogP contribution in [0.25, 0.3) is 42.9 Å². The Bertz CT molecular complexity index is 4360. The maximum absolute atomic E-state index is 12.1. The molecular weight excluding hydrogens is 859 g/mol. The molecule has 0 spiro atoms. The fraction of sp³-hybridized carbons (Fsp3) is 0.176. The van der Waals surface area contributed by atoms with Crippen LogP contribution in [0.3, 0.4) is 0 Å². The van der Waals surface area contributed by atoms with Gasteiger partial charge in [0.15, 0.2) is 5.69 Å². The average molecular weight is 900 g/mol. The molecule has 23 rings (SSSR count). The highest BCUT2D eigenvalue weighted by Crippen LogP contribution is 2.69. The molecule has 4 heterocycles. The van der Waals surface area contributed by atoms with Crippen molar-refractivity contribution in [3.63, 3.8) is 0 Å². The van der Waals surface area contributed by atoms with E-state index in [4.69, 9.17) is 4.85 Å². The minimum atomic E-state index is -0.0230. The first-order chi connectivity index (χ1) is 35.2. The van der Waals surface area contributed by atoms with Crippen molar-refractivity contribution in [1.29, 1.82) is 5.26 Å². The van der Waals surface area contributed by atoms with E-state index in [-0.39, 0.29) is 47.3 Å². The molecule has 1 fully saturated rings. The first-order valence-electron chi connectivity index (χ1n) is 26.0. The molecule has 10 aliphatic carbocycles. The molecule has 9 aromatic carbocycles. The van der Waals surface area contributed by atoms with Crippen LogP contribution < -0.4 is 0 Å². The summed E-state index contributed by atoms with van der Waals surface area (Å²) in [4.78, 5) is 4.86. The summed E-state index contributed by atoms with van der Waals surface area (Å²) in [6.45, 7) is 9.53. The van der Waals surface area contributed by atoms with Crippen molar-refractivity contribution in [2.24, 2.45) is 0 Å². The molecule has 2 aromatic heterocycles. The van der Waals surface area contributed by atoms with Crippen molar-refractivity contribution in [1.82, 2.24) is 4.40 Å². The lowest BCUT2D eigenvalue weighted by molar-refractivity contribution is 0.400. The van der Waals surface area contributed by atoms with Gasteiger partial charge in [0.05, 0.1) is 29.2 Å². The predicted molar refractivity (Wildman–Crippen MR) is 280 cm³/mol. The molecule has 0 amide bonds. The molecule has 12 aliphatic rings. The zero-order chi connectivity index (χ0) is 45.9. The highest BCUT2D eigenvalue weighted by Gasteiger charge is 2.52. The third-order valence-electron chi connectivity index (χ3n) is 19.9. The van der Waals surface area contributed by atoms with Gasteiger partial charge in [0, 0.05) is 62.6 Å². The molecule has 3 heteroatoms. The zero-order valence-corrected chi connectivity index (χ0v) is 38.7. The molecule has 8 bridgehead atoms. The Balaban J connectivity index is 1.11. The van der Waals surface area contributed by atoms with Crippen molar-refractivity contribution in [3.8, 4) is 6.07 Å². The topological polar surface area (TPSA) is 32.6 Å². The van der Waals surface area contributed by atoms with E-state index in [1.54, 1.807) is 0 Å². The molecule has 2 aliphatic heterocycles. The molecule has 0 atom stereocenters. The van der Waals surface area contributed by atoms with Crippen LogP contribution in [-0.2, 0) is 0 Å². The van der Waals surface area contributed by atoms with Crippen LogP contribution >= 0.6 is 0 Å². The first-order valence-corrected chi connectivity index (χ1v) is 26.0. The third-order valence-corrected chi connectivity index (χ3v) is 19.9. The second-order valence-electron chi connectivity index (χ2n) is 22.3. The average Bonchev–Trinajstić information content (AvgIpc) is 3.99. The fourth-order valence-corrected chi connectivity index (χ4v) is 17.8. The van der Waals surface area contributed by atoms with Crippen LogP contribution in [0, 0.1) is 17.9 Å². The Morgan fingerprint density at radius 3 is 1.17 bits per heavy atom. The Morgan fingerprint density at radius 2 is 0.732 bits per heavy atom. The van der Waals surface area contributed by atoms with Gasteiger partial charge in [0.1, 0.15) is 0 Å². The second-order valence-corrected chi connectivity index (χ2v) is 22.3. The van der Waals surface area contributed by atoms with Crippen LogP contribution in [0.5, 0.6) is 0 Å². The summed E-state index contributed by atoms with van der Waals surface area (Å²) in [5.41, 5.74) is 33.0. The minimum Gasteiger partial charge on any atom is -0.309 e. The molecule has 328 valence electrons. The number of aromatic nitrogens is 1. The van der Waals surface area contributed by atoms with Crippen LogP contribution in [-0.4, -0.2) is 4.40 Å². The van der Waals surface area contributed by atoms with Crippen molar-refractivity contribution in [2.75, 3.05) is 0 Å². The number of nitrogens with zero attached hydrogens (tertiary/aromatic N) is 3. The first kappa shape index (κ1) is 36.7. The Kier molecular flexibility index (Phi) is 6.30. The van der Waals surface area contributed by atoms with Gasteiger partial charge in [-0.15, -0.1) is 0 Å². The van der Waals surface area contributed by atoms with Gasteiger partial charge in [-0.3, -0.25) is 0 Å². The van der Waals surface area contributed by atoms with Crippen molar-refractivity contribution < 1.29 is 0 Å². The summed E-state index contributed by atoms with van der Waals surface area (Å²) < 4.78 is 2.76. The van der Waals surface area contributed by atoms with Crippen molar-refractivity contribution >= 4 is 43.8 Å². The zero-order valence-electron chi connectivity index (χ0n) is 38.7. The van der Waals surface area contributed by atoms with Gasteiger partial charge in [-0.05, 0) is 155 Å². The van der Waals surface area contributed by atoms with E-state index in [9.17, 15) is 11.8 Å². The Hall–Kier alpha value is -8.24. The van der Waals surface area contributed by atoms with Crippen molar-refractivity contribution in [2.45, 2.75) is 73.0 Å². The summed E-state index contributed by atoms with van der Waals surface area (Å²) in [6, 6.07) is 61.2. The SMILES string of the molecule is [C-]#[N+]c1c2c(c3c4c5c(cc6c7c8c(c(C#N)c9c7n(c3c1C1CCC9CC1)c64)C1c3ccccc3C8c3ccccc31)C1c3ccccc3C5c3ccccc31)C1c3ccccc3C2c2ccccc21. The summed E-state index contributed by atoms with van der Waals surface area (Å²) in [7, 11) is 0. The van der Waals surface area contributed by atoms with E-state index in [2.05, 4.69) is 162 Å². The van der Waals surface area contributed by atoms with Gasteiger partial charge >= 0.3 is 0 Å². The molecule has 1 saturated carbocycles. The molecule has 3 nitrogen and oxygen atoms in total. The highest BCUT2D eigenvalue weighted by molar-refractivity contribution is 6.29. The lowest BCUT2D eigenvalue weighted by Crippen LogP contribution is -2.29. The number of hydrogen-bond donors (Lipinski definition) is 0. The van der Waals surface area contributed by atoms with E-state index >= 15 is 0 Å². The van der Waals surface area contributed by atoms with Gasteiger partial charge in [-0.2, -0.15) is 5.26 Å². The molecule has 0 N–H and O–H groups in total. The van der Waals surface area contributed by atoms with E-state index in [1.165, 1.54) is 149 Å². The molecule has 11 aromatic rings. The van der Waals surface area contributed by atoms with Gasteiger partial charge in [-0.25, -0.2) is 4.85 Å². The van der Waals surface area contributed by atoms with Crippen molar-refractivity contribution in [3.05, 3.63) is 280 Å². The molecule has 71 heavy (non-hydrogen) atoms. The van der Waals surface area contributed by atoms with E-state index in [0.717, 1.165) is 36.9 Å². The van der Waals surface area contributed by atoms with E-state index < -0.39 is 0 Å². The molecular formula is C68H41N3. The van der Waals surface area contributed by atoms with Gasteiger partial charge in [-0.1, -0.05) is 146 Å². The van der Waals surface area contributed by atoms with Gasteiger partial charge < -0.3 is 4.40 Å². The standard InChI is InChI=1S/C68H41N3/c1-70-65-50-33-28-26-32(27-29-33)49-48(31-69)58-53-38-18-6-8-20-40(38)54(41-21-9-7-19-39(41)53)60(58)59-47-30-46-51-34-14-2-4-16-36(34)52(37-17-5-3-15-35(37)51)57(46)63-64(68(50)71(66(47)63)67(49)59)61-55-42-22-10-12-24-44(42)56(62(61)65)45-25-13-11-23-43(45)55/h2-25,30,32-33,51-56H,26-29H2. The molecule has 0 saturated heterocycles. The van der Waals surface area contributed by atoms with Crippen LogP contribution in [0.4, 0.5) is 5.69 Å². The second kappa shape index (κ2) is 12.2. The molecule has 0 radical (unpaired) electrons. The number of benzene rings is 9. The predicted octanol–water partition coefficient (Wildman–Crippen LogP) is 16.0. The maximum atomic E-state index is 12.1. The normalized spacial score (nSPS) is 24.1. The summed E-state index contributed by atoms with van der Waals surface area (Å²) in [5.74, 6) is 0.542. The number of rotatable bonds is 0. The minimum absolute atomic E-state index is 0.00613.